The molecule has 0 saturated carbocycles. The van der Waals surface area contributed by atoms with Crippen LogP contribution in [0.2, 0.25) is 5.02 Å². The van der Waals surface area contributed by atoms with Crippen LogP contribution in [0.3, 0.4) is 0 Å². The first kappa shape index (κ1) is 22.0. The highest BCUT2D eigenvalue weighted by Gasteiger charge is 2.41. The summed E-state index contributed by atoms with van der Waals surface area (Å²) in [6.07, 6.45) is 1.42. The number of carbonyl (C=O) groups is 2. The molecule has 0 aliphatic carbocycles. The van der Waals surface area contributed by atoms with Crippen LogP contribution in [0.25, 0.3) is 11.0 Å². The maximum atomic E-state index is 13.8. The molecule has 3 aromatic rings. The number of aromatic nitrogens is 2. The van der Waals surface area contributed by atoms with Crippen LogP contribution in [0.15, 0.2) is 47.4 Å². The van der Waals surface area contributed by atoms with Gasteiger partial charge in [0.15, 0.2) is 0 Å². The molecular weight excluding hydrogens is 435 g/mol. The Labute approximate surface area is 188 Å². The summed E-state index contributed by atoms with van der Waals surface area (Å²) in [4.78, 5) is 44.1. The number of fused-ring (bicyclic) bond motifs is 1. The van der Waals surface area contributed by atoms with Crippen LogP contribution >= 0.6 is 11.6 Å². The molecule has 0 atom stereocenters. The van der Waals surface area contributed by atoms with E-state index in [4.69, 9.17) is 11.6 Å². The molecule has 4 rings (SSSR count). The van der Waals surface area contributed by atoms with Crippen LogP contribution in [0.1, 0.15) is 28.4 Å². The topological polar surface area (TPSA) is 84.3 Å². The predicted octanol–water partition coefficient (Wildman–Crippen LogP) is 2.86. The van der Waals surface area contributed by atoms with E-state index >= 15 is 0 Å². The lowest BCUT2D eigenvalue weighted by Gasteiger charge is -2.42. The van der Waals surface area contributed by atoms with Crippen molar-refractivity contribution in [1.82, 2.24) is 19.8 Å². The molecule has 0 unspecified atom stereocenters. The molecule has 3 heterocycles. The molecule has 7 nitrogen and oxygen atoms in total. The van der Waals surface area contributed by atoms with E-state index in [0.29, 0.717) is 10.4 Å². The Kier molecular flexibility index (Phi) is 5.73. The molecule has 1 aromatic carbocycles. The first-order chi connectivity index (χ1) is 15.1. The fourth-order valence-electron chi connectivity index (χ4n) is 3.69. The van der Waals surface area contributed by atoms with E-state index in [0.717, 1.165) is 15.7 Å². The lowest BCUT2D eigenvalue weighted by atomic mass is 9.99. The third kappa shape index (κ3) is 4.36. The number of amides is 2. The molecule has 0 radical (unpaired) electrons. The molecule has 166 valence electrons. The second-order valence-electron chi connectivity index (χ2n) is 8.31. The number of nitrogens with zero attached hydrogens (tertiary/aromatic N) is 3. The standard InChI is InChI=1S/C23H22ClFN4O3/c1-14-3-5-15(6-4-14)10-27-21(31)17-9-16-18(24)7-8-26-20(16)29(22(17)32)11-19(30)28-12-23(2,25)13-28/h3-9H,10-13H2,1-2H3,(H,27,31). The zero-order valence-electron chi connectivity index (χ0n) is 17.7. The molecule has 0 bridgehead atoms. The molecule has 1 fully saturated rings. The van der Waals surface area contributed by atoms with Gasteiger partial charge in [0.2, 0.25) is 5.91 Å². The van der Waals surface area contributed by atoms with Gasteiger partial charge in [-0.05, 0) is 31.5 Å². The van der Waals surface area contributed by atoms with Gasteiger partial charge < -0.3 is 10.2 Å². The fourth-order valence-corrected chi connectivity index (χ4v) is 3.89. The average molecular weight is 457 g/mol. The number of carbonyl (C=O) groups excluding carboxylic acids is 2. The van der Waals surface area contributed by atoms with Crippen LogP contribution in [0.4, 0.5) is 4.39 Å². The van der Waals surface area contributed by atoms with Gasteiger partial charge in [0.05, 0.1) is 18.1 Å². The second-order valence-corrected chi connectivity index (χ2v) is 8.72. The van der Waals surface area contributed by atoms with E-state index in [1.807, 2.05) is 31.2 Å². The highest BCUT2D eigenvalue weighted by Crippen LogP contribution is 2.25. The van der Waals surface area contributed by atoms with Gasteiger partial charge in [-0.1, -0.05) is 41.4 Å². The van der Waals surface area contributed by atoms with Crippen LogP contribution in [0, 0.1) is 6.92 Å². The summed E-state index contributed by atoms with van der Waals surface area (Å²) in [6, 6.07) is 10.6. The Balaban J connectivity index is 1.65. The normalized spacial score (nSPS) is 14.8. The van der Waals surface area contributed by atoms with E-state index in [-0.39, 0.29) is 37.4 Å². The van der Waals surface area contributed by atoms with Crippen molar-refractivity contribution < 1.29 is 14.0 Å². The van der Waals surface area contributed by atoms with Crippen molar-refractivity contribution in [2.75, 3.05) is 13.1 Å². The van der Waals surface area contributed by atoms with Crippen molar-refractivity contribution >= 4 is 34.4 Å². The maximum Gasteiger partial charge on any atom is 0.265 e. The van der Waals surface area contributed by atoms with Gasteiger partial charge in [-0.3, -0.25) is 19.0 Å². The van der Waals surface area contributed by atoms with Crippen molar-refractivity contribution in [2.45, 2.75) is 32.6 Å². The molecule has 9 heteroatoms. The SMILES string of the molecule is Cc1ccc(CNC(=O)c2cc3c(Cl)ccnc3n(CC(=O)N3CC(C)(F)C3)c2=O)cc1. The maximum absolute atomic E-state index is 13.8. The monoisotopic (exact) mass is 456 g/mol. The minimum atomic E-state index is -1.43. The number of halogens is 2. The summed E-state index contributed by atoms with van der Waals surface area (Å²) < 4.78 is 14.9. The number of hydrogen-bond donors (Lipinski definition) is 1. The number of likely N-dealkylation sites (tertiary alicyclic amines) is 1. The first-order valence-electron chi connectivity index (χ1n) is 10.1. The van der Waals surface area contributed by atoms with Gasteiger partial charge in [0, 0.05) is 18.1 Å². The highest BCUT2D eigenvalue weighted by atomic mass is 35.5. The van der Waals surface area contributed by atoms with E-state index in [9.17, 15) is 18.8 Å². The predicted molar refractivity (Wildman–Crippen MR) is 119 cm³/mol. The Bertz CT molecular complexity index is 1260. The lowest BCUT2D eigenvalue weighted by molar-refractivity contribution is -0.144. The van der Waals surface area contributed by atoms with E-state index < -0.39 is 23.0 Å². The third-order valence-electron chi connectivity index (χ3n) is 5.44. The van der Waals surface area contributed by atoms with Crippen LogP contribution in [-0.2, 0) is 17.9 Å². The van der Waals surface area contributed by atoms with E-state index in [1.54, 1.807) is 6.07 Å². The lowest BCUT2D eigenvalue weighted by Crippen LogP contribution is -2.60. The van der Waals surface area contributed by atoms with Gasteiger partial charge in [0.25, 0.3) is 11.5 Å². The largest absolute Gasteiger partial charge is 0.348 e. The van der Waals surface area contributed by atoms with Gasteiger partial charge in [-0.15, -0.1) is 0 Å². The number of pyridine rings is 2. The highest BCUT2D eigenvalue weighted by molar-refractivity contribution is 6.35. The Morgan fingerprint density at radius 2 is 1.91 bits per heavy atom. The molecule has 1 aliphatic heterocycles. The van der Waals surface area contributed by atoms with Crippen LogP contribution in [-0.4, -0.2) is 45.0 Å². The third-order valence-corrected chi connectivity index (χ3v) is 5.77. The fraction of sp³-hybridized carbons (Fsp3) is 0.304. The summed E-state index contributed by atoms with van der Waals surface area (Å²) in [5, 5.41) is 3.41. The molecule has 2 amide bonds. The second kappa shape index (κ2) is 8.35. The van der Waals surface area contributed by atoms with Gasteiger partial charge in [-0.25, -0.2) is 9.37 Å². The summed E-state index contributed by atoms with van der Waals surface area (Å²) >= 11 is 6.29. The summed E-state index contributed by atoms with van der Waals surface area (Å²) in [7, 11) is 0. The summed E-state index contributed by atoms with van der Waals surface area (Å²) in [5.41, 5.74) is -0.0695. The molecular formula is C23H22ClFN4O3. The van der Waals surface area contributed by atoms with Crippen molar-refractivity contribution in [2.24, 2.45) is 0 Å². The molecule has 32 heavy (non-hydrogen) atoms. The van der Waals surface area contributed by atoms with Gasteiger partial charge in [0.1, 0.15) is 23.4 Å². The number of rotatable bonds is 5. The smallest absolute Gasteiger partial charge is 0.265 e. The van der Waals surface area contributed by atoms with Gasteiger partial charge >= 0.3 is 0 Å². The number of aryl methyl sites for hydroxylation is 1. The molecule has 0 spiro atoms. The molecule has 1 N–H and O–H groups in total. The minimum Gasteiger partial charge on any atom is -0.348 e. The van der Waals surface area contributed by atoms with Crippen molar-refractivity contribution in [3.05, 3.63) is 74.7 Å². The number of alkyl halides is 1. The van der Waals surface area contributed by atoms with Crippen LogP contribution in [0.5, 0.6) is 0 Å². The van der Waals surface area contributed by atoms with Crippen molar-refractivity contribution in [3.63, 3.8) is 0 Å². The summed E-state index contributed by atoms with van der Waals surface area (Å²) in [5.74, 6) is -1.01. The quantitative estimate of drug-likeness (QED) is 0.639. The van der Waals surface area contributed by atoms with Crippen molar-refractivity contribution in [1.29, 1.82) is 0 Å². The zero-order valence-corrected chi connectivity index (χ0v) is 18.4. The van der Waals surface area contributed by atoms with E-state index in [1.165, 1.54) is 24.1 Å². The first-order valence-corrected chi connectivity index (χ1v) is 10.5. The number of nitrogens with one attached hydrogen (secondary N) is 1. The number of benzene rings is 1. The van der Waals surface area contributed by atoms with Crippen molar-refractivity contribution in [3.8, 4) is 0 Å². The zero-order chi connectivity index (χ0) is 23.0. The molecule has 1 aliphatic rings. The average Bonchev–Trinajstić information content (AvgIpc) is 2.73. The van der Waals surface area contributed by atoms with E-state index in [2.05, 4.69) is 10.3 Å². The minimum absolute atomic E-state index is 0.0383. The summed E-state index contributed by atoms with van der Waals surface area (Å²) in [6.45, 7) is 3.18. The Hall–Kier alpha value is -3.26. The molecule has 2 aromatic heterocycles. The van der Waals surface area contributed by atoms with Crippen LogP contribution < -0.4 is 10.9 Å². The Morgan fingerprint density at radius 3 is 2.56 bits per heavy atom. The Morgan fingerprint density at radius 1 is 1.22 bits per heavy atom. The van der Waals surface area contributed by atoms with Gasteiger partial charge in [-0.2, -0.15) is 0 Å². The number of hydrogen-bond acceptors (Lipinski definition) is 4. The molecule has 1 saturated heterocycles.